The molecule has 0 fully saturated rings. The van der Waals surface area contributed by atoms with Crippen LogP contribution in [-0.4, -0.2) is 27.3 Å². The number of nitrogens with one attached hydrogen (secondary N) is 2. The molecule has 1 atom stereocenters. The van der Waals surface area contributed by atoms with E-state index in [4.69, 9.17) is 0 Å². The van der Waals surface area contributed by atoms with E-state index in [-0.39, 0.29) is 0 Å². The van der Waals surface area contributed by atoms with Crippen molar-refractivity contribution < 1.29 is 8.42 Å². The largest absolute Gasteiger partial charge is 0.318 e. The predicted molar refractivity (Wildman–Crippen MR) is 72.8 cm³/mol. The molecule has 1 rings (SSSR count). The summed E-state index contributed by atoms with van der Waals surface area (Å²) in [7, 11) is -1.48. The van der Waals surface area contributed by atoms with Crippen LogP contribution in [0.2, 0.25) is 0 Å². The van der Waals surface area contributed by atoms with Crippen molar-refractivity contribution in [2.45, 2.75) is 32.1 Å². The molecule has 0 saturated carbocycles. The van der Waals surface area contributed by atoms with Crippen molar-refractivity contribution in [3.63, 3.8) is 0 Å². The molecule has 4 nitrogen and oxygen atoms in total. The molecule has 17 heavy (non-hydrogen) atoms. The Balaban J connectivity index is 2.61. The molecule has 6 heteroatoms. The fourth-order valence-corrected chi connectivity index (χ4v) is 3.57. The van der Waals surface area contributed by atoms with Crippen LogP contribution in [0.1, 0.15) is 24.3 Å². The zero-order chi connectivity index (χ0) is 12.9. The smallest absolute Gasteiger partial charge is 0.215 e. The Kier molecular flexibility index (Phi) is 5.58. The molecule has 0 aliphatic carbocycles. The Labute approximate surface area is 107 Å². The summed E-state index contributed by atoms with van der Waals surface area (Å²) in [4.78, 5) is 1.10. The molecule has 1 aromatic heterocycles. The monoisotopic (exact) mass is 276 g/mol. The molecule has 0 aliphatic rings. The second-order valence-corrected chi connectivity index (χ2v) is 7.14. The van der Waals surface area contributed by atoms with Gasteiger partial charge in [0.25, 0.3) is 0 Å². The van der Waals surface area contributed by atoms with Crippen molar-refractivity contribution in [3.8, 4) is 0 Å². The molecule has 1 heterocycles. The minimum Gasteiger partial charge on any atom is -0.318 e. The maximum Gasteiger partial charge on any atom is 0.215 e. The molecule has 0 aromatic carbocycles. The number of rotatable bonds is 7. The predicted octanol–water partition coefficient (Wildman–Crippen LogP) is 1.34. The molecular formula is C11H20N2O2S2. The third kappa shape index (κ3) is 4.06. The topological polar surface area (TPSA) is 58.2 Å². The van der Waals surface area contributed by atoms with E-state index < -0.39 is 15.3 Å². The van der Waals surface area contributed by atoms with Crippen molar-refractivity contribution in [2.75, 3.05) is 13.6 Å². The summed E-state index contributed by atoms with van der Waals surface area (Å²) in [6.07, 6.45) is 0.937. The molecule has 98 valence electrons. The number of aryl methyl sites for hydroxylation is 1. The highest BCUT2D eigenvalue weighted by atomic mass is 32.2. The zero-order valence-corrected chi connectivity index (χ0v) is 12.1. The average Bonchev–Trinajstić information content (AvgIpc) is 2.74. The lowest BCUT2D eigenvalue weighted by atomic mass is 10.2. The summed E-state index contributed by atoms with van der Waals surface area (Å²) in [5.74, 6) is 0. The van der Waals surface area contributed by atoms with Gasteiger partial charge in [-0.2, -0.15) is 0 Å². The fraction of sp³-hybridized carbons (Fsp3) is 0.636. The Morgan fingerprint density at radius 2 is 2.18 bits per heavy atom. The van der Waals surface area contributed by atoms with E-state index in [1.807, 2.05) is 11.4 Å². The van der Waals surface area contributed by atoms with Crippen LogP contribution in [0.4, 0.5) is 0 Å². The second kappa shape index (κ2) is 6.49. The van der Waals surface area contributed by atoms with Gasteiger partial charge in [0.15, 0.2) is 0 Å². The van der Waals surface area contributed by atoms with Gasteiger partial charge in [0.1, 0.15) is 0 Å². The lowest BCUT2D eigenvalue weighted by Gasteiger charge is -2.13. The third-order valence-electron chi connectivity index (χ3n) is 2.67. The Morgan fingerprint density at radius 3 is 2.76 bits per heavy atom. The highest BCUT2D eigenvalue weighted by Crippen LogP contribution is 2.17. The average molecular weight is 276 g/mol. The molecular weight excluding hydrogens is 256 g/mol. The molecule has 0 saturated heterocycles. The van der Waals surface area contributed by atoms with Crippen LogP contribution in [0, 0.1) is 0 Å². The van der Waals surface area contributed by atoms with Crippen LogP contribution in [0.5, 0.6) is 0 Å². The van der Waals surface area contributed by atoms with Crippen LogP contribution in [0.25, 0.3) is 0 Å². The standard InChI is InChI=1S/C11H20N2O2S2/c1-4-10-5-6-16-11(10)8-13-17(14,15)9(2)7-12-3/h5-6,9,12-13H,4,7-8H2,1-3H3. The summed E-state index contributed by atoms with van der Waals surface area (Å²) in [5, 5.41) is 4.45. The first-order chi connectivity index (χ1) is 8.01. The molecule has 0 radical (unpaired) electrons. The minimum atomic E-state index is -3.23. The van der Waals surface area contributed by atoms with E-state index in [2.05, 4.69) is 17.0 Å². The van der Waals surface area contributed by atoms with E-state index in [9.17, 15) is 8.42 Å². The first-order valence-corrected chi connectivity index (χ1v) is 8.12. The van der Waals surface area contributed by atoms with E-state index in [1.165, 1.54) is 5.56 Å². The van der Waals surface area contributed by atoms with Crippen LogP contribution in [0.15, 0.2) is 11.4 Å². The van der Waals surface area contributed by atoms with Gasteiger partial charge < -0.3 is 5.32 Å². The first-order valence-electron chi connectivity index (χ1n) is 5.69. The van der Waals surface area contributed by atoms with E-state index >= 15 is 0 Å². The van der Waals surface area contributed by atoms with Crippen LogP contribution >= 0.6 is 11.3 Å². The van der Waals surface area contributed by atoms with Gasteiger partial charge in [0.05, 0.1) is 5.25 Å². The molecule has 1 aromatic rings. The summed E-state index contributed by atoms with van der Waals surface area (Å²) in [5.41, 5.74) is 1.22. The van der Waals surface area contributed by atoms with Crippen molar-refractivity contribution in [1.29, 1.82) is 0 Å². The van der Waals surface area contributed by atoms with Gasteiger partial charge in [-0.3, -0.25) is 0 Å². The third-order valence-corrected chi connectivity index (χ3v) is 5.41. The molecule has 0 bridgehead atoms. The highest BCUT2D eigenvalue weighted by molar-refractivity contribution is 7.90. The fourth-order valence-electron chi connectivity index (χ4n) is 1.54. The van der Waals surface area contributed by atoms with E-state index in [1.54, 1.807) is 25.3 Å². The zero-order valence-electron chi connectivity index (χ0n) is 10.5. The van der Waals surface area contributed by atoms with E-state index in [0.29, 0.717) is 13.1 Å². The van der Waals surface area contributed by atoms with Gasteiger partial charge in [0, 0.05) is 18.0 Å². The Morgan fingerprint density at radius 1 is 1.47 bits per heavy atom. The second-order valence-electron chi connectivity index (χ2n) is 3.96. The lowest BCUT2D eigenvalue weighted by molar-refractivity contribution is 0.563. The quantitative estimate of drug-likeness (QED) is 0.790. The number of thiophene rings is 1. The molecule has 2 N–H and O–H groups in total. The van der Waals surface area contributed by atoms with Gasteiger partial charge in [-0.05, 0) is 37.4 Å². The van der Waals surface area contributed by atoms with Gasteiger partial charge in [-0.15, -0.1) is 11.3 Å². The molecule has 0 amide bonds. The lowest BCUT2D eigenvalue weighted by Crippen LogP contribution is -2.37. The van der Waals surface area contributed by atoms with Gasteiger partial charge in [-0.1, -0.05) is 6.92 Å². The number of sulfonamides is 1. The summed E-state index contributed by atoms with van der Waals surface area (Å²) in [6, 6.07) is 2.05. The van der Waals surface area contributed by atoms with Crippen molar-refractivity contribution in [2.24, 2.45) is 0 Å². The van der Waals surface area contributed by atoms with Crippen molar-refractivity contribution in [3.05, 3.63) is 21.9 Å². The SMILES string of the molecule is CCc1ccsc1CNS(=O)(=O)C(C)CNC. The van der Waals surface area contributed by atoms with Crippen molar-refractivity contribution in [1.82, 2.24) is 10.0 Å². The van der Waals surface area contributed by atoms with Crippen molar-refractivity contribution >= 4 is 21.4 Å². The normalized spacial score (nSPS) is 13.8. The summed E-state index contributed by atoms with van der Waals surface area (Å²) >= 11 is 1.60. The van der Waals surface area contributed by atoms with Crippen LogP contribution in [-0.2, 0) is 23.0 Å². The Hall–Kier alpha value is -0.430. The number of hydrogen-bond acceptors (Lipinski definition) is 4. The maximum atomic E-state index is 11.9. The summed E-state index contributed by atoms with van der Waals surface area (Å²) in [6.45, 7) is 4.63. The minimum absolute atomic E-state index is 0.400. The highest BCUT2D eigenvalue weighted by Gasteiger charge is 2.19. The number of hydrogen-bond donors (Lipinski definition) is 2. The van der Waals surface area contributed by atoms with Crippen LogP contribution < -0.4 is 10.0 Å². The van der Waals surface area contributed by atoms with Gasteiger partial charge >= 0.3 is 0 Å². The Bertz CT molecular complexity index is 440. The maximum absolute atomic E-state index is 11.9. The van der Waals surface area contributed by atoms with Crippen LogP contribution in [0.3, 0.4) is 0 Å². The molecule has 0 spiro atoms. The summed E-state index contributed by atoms with van der Waals surface area (Å²) < 4.78 is 26.4. The first kappa shape index (κ1) is 14.6. The molecule has 1 unspecified atom stereocenters. The molecule has 0 aliphatic heterocycles. The van der Waals surface area contributed by atoms with E-state index in [0.717, 1.165) is 11.3 Å². The van der Waals surface area contributed by atoms with Gasteiger partial charge in [-0.25, -0.2) is 13.1 Å². The van der Waals surface area contributed by atoms with Gasteiger partial charge in [0.2, 0.25) is 10.0 Å².